The second-order valence-corrected chi connectivity index (χ2v) is 6.42. The van der Waals surface area contributed by atoms with Crippen LogP contribution < -0.4 is 5.32 Å². The average Bonchev–Trinajstić information content (AvgIpc) is 2.26. The summed E-state index contributed by atoms with van der Waals surface area (Å²) in [4.78, 5) is 16.4. The maximum Gasteiger partial charge on any atom is 0.264 e. The fourth-order valence-electron chi connectivity index (χ4n) is 1.44. The van der Waals surface area contributed by atoms with Crippen molar-refractivity contribution in [3.05, 3.63) is 17.8 Å². The summed E-state index contributed by atoms with van der Waals surface area (Å²) in [6.07, 6.45) is 1.38. The van der Waals surface area contributed by atoms with Gasteiger partial charge >= 0.3 is 0 Å². The highest BCUT2D eigenvalue weighted by molar-refractivity contribution is 8.00. The Kier molecular flexibility index (Phi) is 3.88. The molecular weight excluding hydrogens is 276 g/mol. The maximum atomic E-state index is 11.2. The summed E-state index contributed by atoms with van der Waals surface area (Å²) in [5, 5.41) is 2.68. The summed E-state index contributed by atoms with van der Waals surface area (Å²) in [5.41, 5.74) is 0.681. The van der Waals surface area contributed by atoms with Gasteiger partial charge in [0.05, 0.1) is 23.5 Å². The molecule has 0 atom stereocenters. The number of carbonyl (C=O) groups excluding carboxylic acids is 1. The summed E-state index contributed by atoms with van der Waals surface area (Å²) in [7, 11) is -3.42. The van der Waals surface area contributed by atoms with Gasteiger partial charge in [0, 0.05) is 12.1 Å². The van der Waals surface area contributed by atoms with Crippen LogP contribution in [0.25, 0.3) is 0 Å². The monoisotopic (exact) mass is 288 g/mol. The molecule has 2 rings (SSSR count). The fraction of sp³-hybridized carbons (Fsp3) is 0.400. The molecule has 1 aromatic rings. The molecule has 2 heterocycles. The Morgan fingerprint density at radius 2 is 2.28 bits per heavy atom. The van der Waals surface area contributed by atoms with Gasteiger partial charge in [0.1, 0.15) is 5.82 Å². The number of carbonyl (C=O) groups is 1. The number of thioether (sulfide) groups is 1. The molecule has 98 valence electrons. The van der Waals surface area contributed by atoms with Crippen LogP contribution in [0.2, 0.25) is 0 Å². The maximum absolute atomic E-state index is 11.2. The Bertz CT molecular complexity index is 571. The molecule has 0 saturated heterocycles. The Hall–Kier alpha value is -1.12. The normalized spacial score (nSPS) is 15.1. The molecule has 0 unspecified atom stereocenters. The Labute approximate surface area is 109 Å². The van der Waals surface area contributed by atoms with Gasteiger partial charge in [-0.25, -0.2) is 4.98 Å². The summed E-state index contributed by atoms with van der Waals surface area (Å²) in [6.45, 7) is 0.0473. The largest absolute Gasteiger partial charge is 0.309 e. The van der Waals surface area contributed by atoms with E-state index < -0.39 is 10.1 Å². The van der Waals surface area contributed by atoms with E-state index in [0.717, 1.165) is 11.2 Å². The molecule has 6 nitrogen and oxygen atoms in total. The van der Waals surface area contributed by atoms with E-state index in [0.29, 0.717) is 23.7 Å². The van der Waals surface area contributed by atoms with Crippen molar-refractivity contribution < 1.29 is 17.4 Å². The van der Waals surface area contributed by atoms with Gasteiger partial charge in [0.15, 0.2) is 0 Å². The van der Waals surface area contributed by atoms with Gasteiger partial charge in [-0.15, -0.1) is 11.8 Å². The smallest absolute Gasteiger partial charge is 0.264 e. The van der Waals surface area contributed by atoms with Crippen LogP contribution in [0.15, 0.2) is 17.0 Å². The number of hydrogen-bond donors (Lipinski definition) is 1. The van der Waals surface area contributed by atoms with E-state index in [4.69, 9.17) is 0 Å². The van der Waals surface area contributed by atoms with Gasteiger partial charge in [0.2, 0.25) is 5.91 Å². The third kappa shape index (κ3) is 3.69. The molecule has 0 radical (unpaired) electrons. The zero-order valence-electron chi connectivity index (χ0n) is 9.67. The zero-order chi connectivity index (χ0) is 13.2. The number of anilines is 1. The van der Waals surface area contributed by atoms with Crippen molar-refractivity contribution in [2.45, 2.75) is 11.3 Å². The van der Waals surface area contributed by atoms with E-state index in [1.807, 2.05) is 6.07 Å². The van der Waals surface area contributed by atoms with Gasteiger partial charge in [-0.05, 0) is 12.1 Å². The van der Waals surface area contributed by atoms with E-state index in [9.17, 15) is 13.2 Å². The van der Waals surface area contributed by atoms with E-state index >= 15 is 0 Å². The van der Waals surface area contributed by atoms with E-state index in [1.54, 1.807) is 6.07 Å². The van der Waals surface area contributed by atoms with Gasteiger partial charge in [-0.3, -0.25) is 8.98 Å². The number of aromatic nitrogens is 1. The van der Waals surface area contributed by atoms with E-state index in [-0.39, 0.29) is 12.5 Å². The van der Waals surface area contributed by atoms with Crippen molar-refractivity contribution in [1.82, 2.24) is 4.98 Å². The minimum atomic E-state index is -3.42. The van der Waals surface area contributed by atoms with Crippen LogP contribution in [0.1, 0.15) is 5.69 Å². The number of rotatable bonds is 4. The molecule has 1 aliphatic rings. The van der Waals surface area contributed by atoms with Crippen LogP contribution in [-0.2, 0) is 25.5 Å². The third-order valence-electron chi connectivity index (χ3n) is 2.19. The highest BCUT2D eigenvalue weighted by Gasteiger charge is 2.16. The average molecular weight is 288 g/mol. The standard InChI is InChI=1S/C10H12N2O4S2/c1-18(14,15)16-5-4-7-2-3-8-10(11-7)12-9(13)6-17-8/h2-3H,4-6H2,1H3,(H,11,12,13). The number of nitrogens with zero attached hydrogens (tertiary/aromatic N) is 1. The lowest BCUT2D eigenvalue weighted by molar-refractivity contribution is -0.113. The lowest BCUT2D eigenvalue weighted by atomic mass is 10.3. The summed E-state index contributed by atoms with van der Waals surface area (Å²) < 4.78 is 26.2. The molecular formula is C10H12N2O4S2. The van der Waals surface area contributed by atoms with Gasteiger partial charge in [0.25, 0.3) is 10.1 Å². The molecule has 1 amide bonds. The van der Waals surface area contributed by atoms with Crippen LogP contribution in [-0.4, -0.2) is 37.9 Å². The predicted octanol–water partition coefficient (Wildman–Crippen LogP) is 0.645. The Morgan fingerprint density at radius 1 is 1.50 bits per heavy atom. The van der Waals surface area contributed by atoms with Gasteiger partial charge in [-0.2, -0.15) is 8.42 Å². The predicted molar refractivity (Wildman–Crippen MR) is 68.1 cm³/mol. The first kappa shape index (κ1) is 13.3. The van der Waals surface area contributed by atoms with Crippen molar-refractivity contribution in [3.63, 3.8) is 0 Å². The number of pyridine rings is 1. The van der Waals surface area contributed by atoms with Crippen LogP contribution >= 0.6 is 11.8 Å². The van der Waals surface area contributed by atoms with Crippen molar-refractivity contribution in [2.75, 3.05) is 23.9 Å². The quantitative estimate of drug-likeness (QED) is 0.819. The molecule has 8 heteroatoms. The van der Waals surface area contributed by atoms with Gasteiger partial charge in [-0.1, -0.05) is 0 Å². The van der Waals surface area contributed by atoms with Crippen LogP contribution in [0.5, 0.6) is 0 Å². The molecule has 18 heavy (non-hydrogen) atoms. The molecule has 0 bridgehead atoms. The minimum Gasteiger partial charge on any atom is -0.309 e. The molecule has 0 fully saturated rings. The SMILES string of the molecule is CS(=O)(=O)OCCc1ccc2c(n1)NC(=O)CS2. The first-order chi connectivity index (χ1) is 8.44. The number of hydrogen-bond acceptors (Lipinski definition) is 6. The van der Waals surface area contributed by atoms with Crippen LogP contribution in [0.4, 0.5) is 5.82 Å². The first-order valence-electron chi connectivity index (χ1n) is 5.21. The van der Waals surface area contributed by atoms with E-state index in [1.165, 1.54) is 11.8 Å². The summed E-state index contributed by atoms with van der Waals surface area (Å²) >= 11 is 1.43. The lowest BCUT2D eigenvalue weighted by Crippen LogP contribution is -2.20. The highest BCUT2D eigenvalue weighted by atomic mass is 32.2. The van der Waals surface area contributed by atoms with Crippen molar-refractivity contribution >= 4 is 33.6 Å². The Morgan fingerprint density at radius 3 is 3.00 bits per heavy atom. The molecule has 0 aromatic carbocycles. The summed E-state index contributed by atoms with van der Waals surface area (Å²) in [5.74, 6) is 0.850. The fourth-order valence-corrected chi connectivity index (χ4v) is 2.58. The topological polar surface area (TPSA) is 85.4 Å². The van der Waals surface area contributed by atoms with Crippen molar-refractivity contribution in [3.8, 4) is 0 Å². The second-order valence-electron chi connectivity index (χ2n) is 3.76. The number of amides is 1. The van der Waals surface area contributed by atoms with E-state index in [2.05, 4.69) is 14.5 Å². The first-order valence-corrected chi connectivity index (χ1v) is 8.01. The van der Waals surface area contributed by atoms with Crippen molar-refractivity contribution in [2.24, 2.45) is 0 Å². The number of nitrogens with one attached hydrogen (secondary N) is 1. The second kappa shape index (κ2) is 5.25. The third-order valence-corrected chi connectivity index (χ3v) is 3.83. The Balaban J connectivity index is 2.02. The molecule has 0 aliphatic carbocycles. The number of fused-ring (bicyclic) bond motifs is 1. The summed E-state index contributed by atoms with van der Waals surface area (Å²) in [6, 6.07) is 3.66. The molecule has 0 spiro atoms. The molecule has 0 saturated carbocycles. The van der Waals surface area contributed by atoms with Gasteiger partial charge < -0.3 is 5.32 Å². The highest BCUT2D eigenvalue weighted by Crippen LogP contribution is 2.29. The minimum absolute atomic E-state index is 0.0473. The molecule has 1 aliphatic heterocycles. The molecule has 1 aromatic heterocycles. The lowest BCUT2D eigenvalue weighted by Gasteiger charge is -2.15. The van der Waals surface area contributed by atoms with Crippen LogP contribution in [0, 0.1) is 0 Å². The van der Waals surface area contributed by atoms with Crippen molar-refractivity contribution in [1.29, 1.82) is 0 Å². The molecule has 1 N–H and O–H groups in total. The van der Waals surface area contributed by atoms with Crippen LogP contribution in [0.3, 0.4) is 0 Å². The zero-order valence-corrected chi connectivity index (χ0v) is 11.3.